The molecular formula is C11H18N2O2. The lowest BCUT2D eigenvalue weighted by Crippen LogP contribution is -2.45. The van der Waals surface area contributed by atoms with Gasteiger partial charge in [-0.15, -0.1) is 0 Å². The Labute approximate surface area is 90.6 Å². The molecule has 1 aliphatic carbocycles. The Morgan fingerprint density at radius 2 is 2.20 bits per heavy atom. The molecule has 0 radical (unpaired) electrons. The lowest BCUT2D eigenvalue weighted by molar-refractivity contribution is -0.123. The Bertz CT molecular complexity index is 252. The highest BCUT2D eigenvalue weighted by Gasteiger charge is 2.34. The summed E-state index contributed by atoms with van der Waals surface area (Å²) in [5, 5.41) is 11.9. The largest absolute Gasteiger partial charge is 0.381 e. The Morgan fingerprint density at radius 1 is 1.53 bits per heavy atom. The predicted molar refractivity (Wildman–Crippen MR) is 56.1 cm³/mol. The van der Waals surface area contributed by atoms with Gasteiger partial charge in [0.15, 0.2) is 0 Å². The molecule has 0 atom stereocenters. The molecule has 0 heterocycles. The van der Waals surface area contributed by atoms with Crippen LogP contribution in [0.25, 0.3) is 0 Å². The highest BCUT2D eigenvalue weighted by atomic mass is 16.5. The van der Waals surface area contributed by atoms with Gasteiger partial charge in [0.05, 0.1) is 19.1 Å². The van der Waals surface area contributed by atoms with Crippen LogP contribution in [0.3, 0.4) is 0 Å². The van der Waals surface area contributed by atoms with E-state index in [1.165, 1.54) is 0 Å². The van der Waals surface area contributed by atoms with Crippen LogP contribution in [0.4, 0.5) is 0 Å². The maximum Gasteiger partial charge on any atom is 0.223 e. The van der Waals surface area contributed by atoms with Gasteiger partial charge in [-0.1, -0.05) is 0 Å². The summed E-state index contributed by atoms with van der Waals surface area (Å²) in [5.41, 5.74) is -0.594. The molecule has 0 saturated heterocycles. The molecule has 1 rings (SSSR count). The Morgan fingerprint density at radius 3 is 2.73 bits per heavy atom. The van der Waals surface area contributed by atoms with Crippen LogP contribution in [-0.2, 0) is 9.53 Å². The molecule has 1 aliphatic rings. The normalized spacial score (nSPS) is 18.4. The fourth-order valence-corrected chi connectivity index (χ4v) is 1.88. The second kappa shape index (κ2) is 5.72. The van der Waals surface area contributed by atoms with Gasteiger partial charge in [0.1, 0.15) is 5.54 Å². The van der Waals surface area contributed by atoms with E-state index >= 15 is 0 Å². The third kappa shape index (κ3) is 3.52. The van der Waals surface area contributed by atoms with Crippen molar-refractivity contribution in [2.24, 2.45) is 0 Å². The summed E-state index contributed by atoms with van der Waals surface area (Å²) >= 11 is 0. The number of rotatable bonds is 5. The van der Waals surface area contributed by atoms with Gasteiger partial charge in [-0.2, -0.15) is 5.26 Å². The van der Waals surface area contributed by atoms with Crippen LogP contribution < -0.4 is 5.32 Å². The van der Waals surface area contributed by atoms with Crippen molar-refractivity contribution < 1.29 is 9.53 Å². The van der Waals surface area contributed by atoms with E-state index in [1.54, 1.807) is 0 Å². The minimum Gasteiger partial charge on any atom is -0.381 e. The molecule has 1 N–H and O–H groups in total. The standard InChI is InChI=1S/C11H18N2O2/c1-2-15-8-5-10(14)13-11(9-12)6-3-4-7-11/h2-8H2,1H3,(H,13,14). The van der Waals surface area contributed by atoms with Crippen molar-refractivity contribution >= 4 is 5.91 Å². The fraction of sp³-hybridized carbons (Fsp3) is 0.818. The SMILES string of the molecule is CCOCCC(=O)NC1(C#N)CCCC1. The van der Waals surface area contributed by atoms with E-state index in [-0.39, 0.29) is 5.91 Å². The summed E-state index contributed by atoms with van der Waals surface area (Å²) < 4.78 is 5.09. The van der Waals surface area contributed by atoms with Crippen molar-refractivity contribution in [1.82, 2.24) is 5.32 Å². The summed E-state index contributed by atoms with van der Waals surface area (Å²) in [7, 11) is 0. The Kier molecular flexibility index (Phi) is 4.57. The first-order chi connectivity index (χ1) is 7.22. The molecule has 4 nitrogen and oxygen atoms in total. The third-order valence-corrected chi connectivity index (χ3v) is 2.73. The second-order valence-electron chi connectivity index (χ2n) is 3.90. The van der Waals surface area contributed by atoms with Crippen LogP contribution in [0.15, 0.2) is 0 Å². The lowest BCUT2D eigenvalue weighted by atomic mass is 10.00. The van der Waals surface area contributed by atoms with Gasteiger partial charge in [0.2, 0.25) is 5.91 Å². The van der Waals surface area contributed by atoms with Crippen LogP contribution in [0.2, 0.25) is 0 Å². The van der Waals surface area contributed by atoms with Crippen LogP contribution in [-0.4, -0.2) is 24.7 Å². The Hall–Kier alpha value is -1.08. The molecule has 84 valence electrons. The number of ether oxygens (including phenoxy) is 1. The topological polar surface area (TPSA) is 62.1 Å². The van der Waals surface area contributed by atoms with E-state index in [4.69, 9.17) is 10.00 Å². The van der Waals surface area contributed by atoms with Gasteiger partial charge in [0.25, 0.3) is 0 Å². The lowest BCUT2D eigenvalue weighted by Gasteiger charge is -2.21. The molecule has 0 aliphatic heterocycles. The minimum absolute atomic E-state index is 0.0769. The van der Waals surface area contributed by atoms with Gasteiger partial charge < -0.3 is 10.1 Å². The van der Waals surface area contributed by atoms with Crippen molar-refractivity contribution in [3.63, 3.8) is 0 Å². The van der Waals surface area contributed by atoms with E-state index in [0.29, 0.717) is 19.6 Å². The molecule has 1 amide bonds. The highest BCUT2D eigenvalue weighted by Crippen LogP contribution is 2.28. The molecule has 1 saturated carbocycles. The van der Waals surface area contributed by atoms with E-state index in [0.717, 1.165) is 25.7 Å². The van der Waals surface area contributed by atoms with Gasteiger partial charge in [-0.05, 0) is 32.6 Å². The monoisotopic (exact) mass is 210 g/mol. The first-order valence-corrected chi connectivity index (χ1v) is 5.52. The number of hydrogen-bond acceptors (Lipinski definition) is 3. The van der Waals surface area contributed by atoms with Gasteiger partial charge in [-0.3, -0.25) is 4.79 Å². The summed E-state index contributed by atoms with van der Waals surface area (Å²) in [6, 6.07) is 2.23. The number of carbonyl (C=O) groups is 1. The van der Waals surface area contributed by atoms with Crippen molar-refractivity contribution in [1.29, 1.82) is 5.26 Å². The molecule has 15 heavy (non-hydrogen) atoms. The van der Waals surface area contributed by atoms with Crippen LogP contribution >= 0.6 is 0 Å². The fourth-order valence-electron chi connectivity index (χ4n) is 1.88. The molecular weight excluding hydrogens is 192 g/mol. The van der Waals surface area contributed by atoms with Crippen LogP contribution in [0.5, 0.6) is 0 Å². The zero-order valence-corrected chi connectivity index (χ0v) is 9.21. The van der Waals surface area contributed by atoms with Gasteiger partial charge >= 0.3 is 0 Å². The van der Waals surface area contributed by atoms with Crippen molar-refractivity contribution in [3.05, 3.63) is 0 Å². The number of nitrogens with zero attached hydrogens (tertiary/aromatic N) is 1. The molecule has 0 unspecified atom stereocenters. The number of carbonyl (C=O) groups excluding carboxylic acids is 1. The number of nitriles is 1. The second-order valence-corrected chi connectivity index (χ2v) is 3.90. The van der Waals surface area contributed by atoms with Crippen molar-refractivity contribution in [3.8, 4) is 6.07 Å². The third-order valence-electron chi connectivity index (χ3n) is 2.73. The summed E-state index contributed by atoms with van der Waals surface area (Å²) in [6.45, 7) is 2.95. The first kappa shape index (κ1) is 12.0. The van der Waals surface area contributed by atoms with Crippen molar-refractivity contribution in [2.75, 3.05) is 13.2 Å². The quantitative estimate of drug-likeness (QED) is 0.697. The average Bonchev–Trinajstić information content (AvgIpc) is 2.67. The predicted octanol–water partition coefficient (Wildman–Crippen LogP) is 1.37. The van der Waals surface area contributed by atoms with E-state index in [1.807, 2.05) is 6.92 Å². The minimum atomic E-state index is -0.594. The molecule has 4 heteroatoms. The number of hydrogen-bond donors (Lipinski definition) is 1. The zero-order chi connectivity index (χ0) is 11.1. The van der Waals surface area contributed by atoms with Crippen molar-refractivity contribution in [2.45, 2.75) is 44.6 Å². The number of amides is 1. The molecule has 0 bridgehead atoms. The Balaban J connectivity index is 2.33. The van der Waals surface area contributed by atoms with E-state index in [2.05, 4.69) is 11.4 Å². The maximum absolute atomic E-state index is 11.5. The van der Waals surface area contributed by atoms with E-state index in [9.17, 15) is 4.79 Å². The molecule has 0 aromatic carbocycles. The van der Waals surface area contributed by atoms with Gasteiger partial charge in [0, 0.05) is 6.61 Å². The van der Waals surface area contributed by atoms with E-state index < -0.39 is 5.54 Å². The molecule has 0 spiro atoms. The summed E-state index contributed by atoms with van der Waals surface area (Å²) in [6.07, 6.45) is 3.96. The van der Waals surface area contributed by atoms with Crippen LogP contribution in [0, 0.1) is 11.3 Å². The number of nitrogens with one attached hydrogen (secondary N) is 1. The molecule has 0 aromatic rings. The zero-order valence-electron chi connectivity index (χ0n) is 9.21. The average molecular weight is 210 g/mol. The smallest absolute Gasteiger partial charge is 0.223 e. The van der Waals surface area contributed by atoms with Gasteiger partial charge in [-0.25, -0.2) is 0 Å². The summed E-state index contributed by atoms with van der Waals surface area (Å²) in [4.78, 5) is 11.5. The van der Waals surface area contributed by atoms with Crippen LogP contribution in [0.1, 0.15) is 39.0 Å². The highest BCUT2D eigenvalue weighted by molar-refractivity contribution is 5.77. The maximum atomic E-state index is 11.5. The molecule has 1 fully saturated rings. The summed E-state index contributed by atoms with van der Waals surface area (Å²) in [5.74, 6) is -0.0769. The first-order valence-electron chi connectivity index (χ1n) is 5.52. The molecule has 0 aromatic heterocycles.